The molecular formula is C14H19NO3. The molecule has 18 heavy (non-hydrogen) atoms. The molecule has 3 N–H and O–H groups in total. The van der Waals surface area contributed by atoms with Crippen molar-refractivity contribution in [1.82, 2.24) is 5.32 Å². The molecule has 2 rings (SSSR count). The first-order valence-electron chi connectivity index (χ1n) is 6.09. The van der Waals surface area contributed by atoms with Crippen LogP contribution < -0.4 is 5.32 Å². The number of carboxylic acid groups (broad SMARTS) is 1. The Morgan fingerprint density at radius 3 is 2.22 bits per heavy atom. The second-order valence-corrected chi connectivity index (χ2v) is 5.68. The van der Waals surface area contributed by atoms with Crippen LogP contribution in [-0.4, -0.2) is 33.9 Å². The molecule has 4 heteroatoms. The Labute approximate surface area is 107 Å². The van der Waals surface area contributed by atoms with E-state index < -0.39 is 17.0 Å². The maximum absolute atomic E-state index is 11.6. The topological polar surface area (TPSA) is 69.6 Å². The minimum absolute atomic E-state index is 0.0988. The van der Waals surface area contributed by atoms with Crippen LogP contribution in [0.4, 0.5) is 0 Å². The Balaban J connectivity index is 2.31. The molecule has 0 aromatic heterocycles. The van der Waals surface area contributed by atoms with Gasteiger partial charge in [-0.15, -0.1) is 0 Å². The predicted molar refractivity (Wildman–Crippen MR) is 68.5 cm³/mol. The fourth-order valence-electron chi connectivity index (χ4n) is 2.60. The molecule has 0 aliphatic heterocycles. The number of aliphatic hydroxyl groups is 1. The lowest BCUT2D eigenvalue weighted by atomic mass is 9.91. The quantitative estimate of drug-likeness (QED) is 0.743. The Kier molecular flexibility index (Phi) is 3.17. The zero-order valence-electron chi connectivity index (χ0n) is 10.7. The third-order valence-corrected chi connectivity index (χ3v) is 3.49. The van der Waals surface area contributed by atoms with E-state index >= 15 is 0 Å². The molecule has 0 amide bonds. The molecule has 0 atom stereocenters. The van der Waals surface area contributed by atoms with Crippen LogP contribution in [0.5, 0.6) is 0 Å². The van der Waals surface area contributed by atoms with Crippen molar-refractivity contribution in [3.05, 3.63) is 35.4 Å². The van der Waals surface area contributed by atoms with Crippen molar-refractivity contribution in [3.63, 3.8) is 0 Å². The number of aliphatic carboxylic acids is 1. The van der Waals surface area contributed by atoms with Crippen LogP contribution in [0, 0.1) is 0 Å². The number of fused-ring (bicyclic) bond motifs is 1. The molecule has 0 saturated carbocycles. The first-order valence-corrected chi connectivity index (χ1v) is 6.09. The maximum atomic E-state index is 11.6. The summed E-state index contributed by atoms with van der Waals surface area (Å²) >= 11 is 0. The van der Waals surface area contributed by atoms with Gasteiger partial charge in [0.15, 0.2) is 0 Å². The van der Waals surface area contributed by atoms with Crippen molar-refractivity contribution >= 4 is 5.97 Å². The van der Waals surface area contributed by atoms with Crippen molar-refractivity contribution in [3.8, 4) is 0 Å². The number of carboxylic acids is 1. The SMILES string of the molecule is CC(C)(CO)NC1(C(=O)O)Cc2ccccc2C1. The summed E-state index contributed by atoms with van der Waals surface area (Å²) in [5.41, 5.74) is 0.526. The van der Waals surface area contributed by atoms with Gasteiger partial charge in [0, 0.05) is 18.4 Å². The van der Waals surface area contributed by atoms with E-state index in [0.29, 0.717) is 12.8 Å². The average Bonchev–Trinajstić information content (AvgIpc) is 2.67. The van der Waals surface area contributed by atoms with Gasteiger partial charge in [0.2, 0.25) is 0 Å². The molecule has 0 radical (unpaired) electrons. The number of hydrogen-bond acceptors (Lipinski definition) is 3. The van der Waals surface area contributed by atoms with E-state index in [0.717, 1.165) is 11.1 Å². The van der Waals surface area contributed by atoms with Gasteiger partial charge in [0.1, 0.15) is 5.54 Å². The fourth-order valence-corrected chi connectivity index (χ4v) is 2.60. The van der Waals surface area contributed by atoms with E-state index in [-0.39, 0.29) is 6.61 Å². The molecule has 0 heterocycles. The summed E-state index contributed by atoms with van der Waals surface area (Å²) in [4.78, 5) is 11.6. The third-order valence-electron chi connectivity index (χ3n) is 3.49. The number of rotatable bonds is 4. The van der Waals surface area contributed by atoms with Crippen molar-refractivity contribution < 1.29 is 15.0 Å². The molecule has 0 saturated heterocycles. The molecule has 1 aliphatic carbocycles. The summed E-state index contributed by atoms with van der Waals surface area (Å²) in [6.07, 6.45) is 0.921. The molecule has 1 aromatic carbocycles. The van der Waals surface area contributed by atoms with E-state index in [1.54, 1.807) is 13.8 Å². The first kappa shape index (κ1) is 13.1. The summed E-state index contributed by atoms with van der Waals surface area (Å²) in [5.74, 6) is -0.861. The highest BCUT2D eigenvalue weighted by atomic mass is 16.4. The smallest absolute Gasteiger partial charge is 0.324 e. The molecule has 0 spiro atoms. The lowest BCUT2D eigenvalue weighted by Gasteiger charge is -2.35. The monoisotopic (exact) mass is 249 g/mol. The Morgan fingerprint density at radius 1 is 1.33 bits per heavy atom. The van der Waals surface area contributed by atoms with Crippen LogP contribution in [-0.2, 0) is 17.6 Å². The van der Waals surface area contributed by atoms with Gasteiger partial charge in [-0.25, -0.2) is 0 Å². The Morgan fingerprint density at radius 2 is 1.83 bits per heavy atom. The number of carbonyl (C=O) groups is 1. The minimum atomic E-state index is -1.00. The average molecular weight is 249 g/mol. The molecule has 0 bridgehead atoms. The van der Waals surface area contributed by atoms with Gasteiger partial charge in [-0.1, -0.05) is 24.3 Å². The van der Waals surface area contributed by atoms with Crippen LogP contribution >= 0.6 is 0 Å². The Bertz CT molecular complexity index is 443. The van der Waals surface area contributed by atoms with Crippen molar-refractivity contribution in [2.75, 3.05) is 6.61 Å². The van der Waals surface area contributed by atoms with Crippen molar-refractivity contribution in [2.45, 2.75) is 37.8 Å². The first-order chi connectivity index (χ1) is 8.38. The van der Waals surface area contributed by atoms with Gasteiger partial charge in [-0.3, -0.25) is 10.1 Å². The molecule has 98 valence electrons. The second-order valence-electron chi connectivity index (χ2n) is 5.68. The predicted octanol–water partition coefficient (Wildman–Crippen LogP) is 0.969. The lowest BCUT2D eigenvalue weighted by molar-refractivity contribution is -0.145. The van der Waals surface area contributed by atoms with Crippen LogP contribution in [0.15, 0.2) is 24.3 Å². The van der Waals surface area contributed by atoms with Crippen LogP contribution in [0.25, 0.3) is 0 Å². The van der Waals surface area contributed by atoms with E-state index in [2.05, 4.69) is 5.32 Å². The largest absolute Gasteiger partial charge is 0.480 e. The molecule has 0 fully saturated rings. The van der Waals surface area contributed by atoms with Gasteiger partial charge in [0.05, 0.1) is 6.61 Å². The van der Waals surface area contributed by atoms with Crippen LogP contribution in [0.2, 0.25) is 0 Å². The van der Waals surface area contributed by atoms with Crippen molar-refractivity contribution in [1.29, 1.82) is 0 Å². The van der Waals surface area contributed by atoms with E-state index in [1.807, 2.05) is 24.3 Å². The number of nitrogens with one attached hydrogen (secondary N) is 1. The fraction of sp³-hybridized carbons (Fsp3) is 0.500. The summed E-state index contributed by atoms with van der Waals surface area (Å²) in [7, 11) is 0. The zero-order chi connectivity index (χ0) is 13.4. The second kappa shape index (κ2) is 4.37. The number of benzene rings is 1. The van der Waals surface area contributed by atoms with Crippen molar-refractivity contribution in [2.24, 2.45) is 0 Å². The molecular weight excluding hydrogens is 230 g/mol. The summed E-state index contributed by atoms with van der Waals surface area (Å²) in [6.45, 7) is 3.51. The normalized spacial score (nSPS) is 17.5. The lowest BCUT2D eigenvalue weighted by Crippen LogP contribution is -2.62. The van der Waals surface area contributed by atoms with Gasteiger partial charge in [-0.2, -0.15) is 0 Å². The third kappa shape index (κ3) is 2.26. The summed E-state index contributed by atoms with van der Waals surface area (Å²) in [5, 5.41) is 22.0. The maximum Gasteiger partial charge on any atom is 0.324 e. The van der Waals surface area contributed by atoms with Gasteiger partial charge >= 0.3 is 5.97 Å². The van der Waals surface area contributed by atoms with E-state index in [1.165, 1.54) is 0 Å². The molecule has 1 aliphatic rings. The summed E-state index contributed by atoms with van der Waals surface area (Å²) < 4.78 is 0. The molecule has 0 unspecified atom stereocenters. The molecule has 4 nitrogen and oxygen atoms in total. The molecule has 1 aromatic rings. The summed E-state index contributed by atoms with van der Waals surface area (Å²) in [6, 6.07) is 7.78. The highest BCUT2D eigenvalue weighted by Crippen LogP contribution is 2.31. The van der Waals surface area contributed by atoms with E-state index in [9.17, 15) is 15.0 Å². The van der Waals surface area contributed by atoms with Crippen LogP contribution in [0.3, 0.4) is 0 Å². The standard InChI is InChI=1S/C14H19NO3/c1-13(2,9-16)15-14(12(17)18)7-10-5-3-4-6-11(10)8-14/h3-6,15-16H,7-9H2,1-2H3,(H,17,18). The van der Waals surface area contributed by atoms with Crippen LogP contribution in [0.1, 0.15) is 25.0 Å². The van der Waals surface area contributed by atoms with Gasteiger partial charge in [0.25, 0.3) is 0 Å². The van der Waals surface area contributed by atoms with Gasteiger partial charge < -0.3 is 10.2 Å². The minimum Gasteiger partial charge on any atom is -0.480 e. The zero-order valence-corrected chi connectivity index (χ0v) is 10.7. The highest BCUT2D eigenvalue weighted by molar-refractivity contribution is 5.81. The van der Waals surface area contributed by atoms with E-state index in [4.69, 9.17) is 0 Å². The van der Waals surface area contributed by atoms with Gasteiger partial charge in [-0.05, 0) is 25.0 Å². The number of aliphatic hydroxyl groups excluding tert-OH is 1. The Hall–Kier alpha value is -1.39. The highest BCUT2D eigenvalue weighted by Gasteiger charge is 2.46. The number of hydrogen-bond donors (Lipinski definition) is 3.